The second kappa shape index (κ2) is 10.8. The predicted octanol–water partition coefficient (Wildman–Crippen LogP) is 4.44. The Morgan fingerprint density at radius 2 is 1.79 bits per heavy atom. The zero-order chi connectivity index (χ0) is 19.9. The zero-order valence-electron chi connectivity index (χ0n) is 16.5. The van der Waals surface area contributed by atoms with Crippen LogP contribution in [0.15, 0.2) is 48.5 Å². The number of aliphatic carboxylic acids is 1. The van der Waals surface area contributed by atoms with Gasteiger partial charge in [0.2, 0.25) is 0 Å². The van der Waals surface area contributed by atoms with Gasteiger partial charge in [-0.3, -0.25) is 10.1 Å². The van der Waals surface area contributed by atoms with Crippen LogP contribution < -0.4 is 5.32 Å². The molecular formula is C22H27ClN2O4. The highest BCUT2D eigenvalue weighted by molar-refractivity contribution is 5.87. The number of ether oxygens (including phenoxy) is 1. The molecule has 1 amide bonds. The van der Waals surface area contributed by atoms with Crippen LogP contribution >= 0.6 is 12.4 Å². The minimum atomic E-state index is -0.869. The Labute approximate surface area is 177 Å². The molecule has 2 aromatic carbocycles. The molecule has 0 atom stereocenters. The van der Waals surface area contributed by atoms with Crippen molar-refractivity contribution in [2.75, 3.05) is 25.5 Å². The molecule has 0 radical (unpaired) electrons. The lowest BCUT2D eigenvalue weighted by Gasteiger charge is -2.28. The first kappa shape index (κ1) is 22.7. The van der Waals surface area contributed by atoms with Crippen LogP contribution in [0.3, 0.4) is 0 Å². The molecule has 1 aliphatic rings. The van der Waals surface area contributed by atoms with Crippen LogP contribution in [-0.4, -0.2) is 48.3 Å². The maximum absolute atomic E-state index is 12.4. The van der Waals surface area contributed by atoms with Crippen molar-refractivity contribution in [3.63, 3.8) is 0 Å². The number of piperidine rings is 1. The van der Waals surface area contributed by atoms with Crippen LogP contribution in [-0.2, 0) is 16.0 Å². The van der Waals surface area contributed by atoms with Crippen molar-refractivity contribution in [2.45, 2.75) is 31.8 Å². The van der Waals surface area contributed by atoms with Gasteiger partial charge in [0.15, 0.2) is 0 Å². The minimum Gasteiger partial charge on any atom is -0.481 e. The first-order chi connectivity index (χ1) is 13.5. The Kier molecular flexibility index (Phi) is 8.49. The van der Waals surface area contributed by atoms with Gasteiger partial charge in [0.1, 0.15) is 6.10 Å². The van der Waals surface area contributed by atoms with Crippen molar-refractivity contribution < 1.29 is 19.4 Å². The summed E-state index contributed by atoms with van der Waals surface area (Å²) in [7, 11) is 2.06. The summed E-state index contributed by atoms with van der Waals surface area (Å²) in [5.74, 6) is -0.869. The molecule has 1 fully saturated rings. The number of hydrogen-bond acceptors (Lipinski definition) is 4. The largest absolute Gasteiger partial charge is 0.481 e. The number of carbonyl (C=O) groups excluding carboxylic acids is 1. The van der Waals surface area contributed by atoms with E-state index in [-0.39, 0.29) is 24.9 Å². The molecule has 0 bridgehead atoms. The fraction of sp³-hybridized carbons (Fsp3) is 0.364. The molecule has 1 heterocycles. The van der Waals surface area contributed by atoms with Crippen LogP contribution in [0.25, 0.3) is 11.1 Å². The van der Waals surface area contributed by atoms with Gasteiger partial charge in [0.05, 0.1) is 0 Å². The van der Waals surface area contributed by atoms with Crippen LogP contribution in [0.1, 0.15) is 24.8 Å². The predicted molar refractivity (Wildman–Crippen MR) is 116 cm³/mol. The molecule has 2 aromatic rings. The summed E-state index contributed by atoms with van der Waals surface area (Å²) in [6.07, 6.45) is 1.41. The van der Waals surface area contributed by atoms with Crippen molar-refractivity contribution >= 4 is 30.2 Å². The minimum absolute atomic E-state index is 0. The molecule has 1 aliphatic heterocycles. The molecule has 29 heavy (non-hydrogen) atoms. The fourth-order valence-electron chi connectivity index (χ4n) is 3.36. The SMILES string of the molecule is CN1CCC(OC(=O)Nc2cc(-c3ccccc3)ccc2CCC(=O)O)CC1.Cl. The number of nitrogens with one attached hydrogen (secondary N) is 1. The lowest BCUT2D eigenvalue weighted by molar-refractivity contribution is -0.136. The number of rotatable bonds is 6. The van der Waals surface area contributed by atoms with Crippen LogP contribution in [0, 0.1) is 0 Å². The Morgan fingerprint density at radius 3 is 2.45 bits per heavy atom. The molecule has 0 spiro atoms. The molecule has 0 unspecified atom stereocenters. The van der Waals surface area contributed by atoms with Gasteiger partial charge in [-0.1, -0.05) is 42.5 Å². The van der Waals surface area contributed by atoms with E-state index in [9.17, 15) is 9.59 Å². The highest BCUT2D eigenvalue weighted by Crippen LogP contribution is 2.27. The van der Waals surface area contributed by atoms with Crippen molar-refractivity contribution in [1.29, 1.82) is 0 Å². The van der Waals surface area contributed by atoms with Crippen LogP contribution in [0.5, 0.6) is 0 Å². The van der Waals surface area contributed by atoms with Gasteiger partial charge < -0.3 is 14.7 Å². The fourth-order valence-corrected chi connectivity index (χ4v) is 3.36. The molecule has 1 saturated heterocycles. The van der Waals surface area contributed by atoms with E-state index >= 15 is 0 Å². The number of carboxylic acid groups (broad SMARTS) is 1. The van der Waals surface area contributed by atoms with Crippen LogP contribution in [0.2, 0.25) is 0 Å². The molecule has 156 valence electrons. The maximum Gasteiger partial charge on any atom is 0.411 e. The number of amides is 1. The third-order valence-corrected chi connectivity index (χ3v) is 5.00. The number of carbonyl (C=O) groups is 2. The summed E-state index contributed by atoms with van der Waals surface area (Å²) >= 11 is 0. The van der Waals surface area contributed by atoms with Gasteiger partial charge in [-0.05, 0) is 49.1 Å². The third kappa shape index (κ3) is 6.76. The van der Waals surface area contributed by atoms with Gasteiger partial charge >= 0.3 is 12.1 Å². The lowest BCUT2D eigenvalue weighted by atomic mass is 10.00. The number of aryl methyl sites for hydroxylation is 1. The van der Waals surface area contributed by atoms with Gasteiger partial charge in [-0.25, -0.2) is 4.79 Å². The van der Waals surface area contributed by atoms with Crippen molar-refractivity contribution in [3.8, 4) is 11.1 Å². The monoisotopic (exact) mass is 418 g/mol. The molecule has 0 aromatic heterocycles. The summed E-state index contributed by atoms with van der Waals surface area (Å²) < 4.78 is 5.58. The number of anilines is 1. The van der Waals surface area contributed by atoms with E-state index in [1.54, 1.807) is 0 Å². The summed E-state index contributed by atoms with van der Waals surface area (Å²) in [6, 6.07) is 15.5. The first-order valence-corrected chi connectivity index (χ1v) is 9.57. The molecule has 2 N–H and O–H groups in total. The molecule has 0 aliphatic carbocycles. The molecule has 0 saturated carbocycles. The van der Waals surface area contributed by atoms with Gasteiger partial charge in [0, 0.05) is 25.2 Å². The number of likely N-dealkylation sites (tertiary alicyclic amines) is 1. The van der Waals surface area contributed by atoms with E-state index in [4.69, 9.17) is 9.84 Å². The normalized spacial score (nSPS) is 14.7. The number of nitrogens with zero attached hydrogens (tertiary/aromatic N) is 1. The van der Waals surface area contributed by atoms with E-state index in [1.807, 2.05) is 48.5 Å². The van der Waals surface area contributed by atoms with Crippen LogP contribution in [0.4, 0.5) is 10.5 Å². The molecule has 7 heteroatoms. The molecular weight excluding hydrogens is 392 g/mol. The number of hydrogen-bond donors (Lipinski definition) is 2. The topological polar surface area (TPSA) is 78.9 Å². The number of halogens is 1. The highest BCUT2D eigenvalue weighted by atomic mass is 35.5. The van der Waals surface area contributed by atoms with Crippen molar-refractivity contribution in [1.82, 2.24) is 4.90 Å². The molecule has 3 rings (SSSR count). The second-order valence-electron chi connectivity index (χ2n) is 7.16. The van der Waals surface area contributed by atoms with E-state index in [1.165, 1.54) is 0 Å². The third-order valence-electron chi connectivity index (χ3n) is 5.00. The average molecular weight is 419 g/mol. The van der Waals surface area contributed by atoms with E-state index < -0.39 is 12.1 Å². The Hall–Kier alpha value is -2.57. The Bertz CT molecular complexity index is 821. The van der Waals surface area contributed by atoms with Gasteiger partial charge in [0.25, 0.3) is 0 Å². The zero-order valence-corrected chi connectivity index (χ0v) is 17.3. The number of benzene rings is 2. The Morgan fingerprint density at radius 1 is 1.10 bits per heavy atom. The standard InChI is InChI=1S/C22H26N2O4.ClH/c1-24-13-11-19(12-14-24)28-22(27)23-20-15-18(16-5-3-2-4-6-16)8-7-17(20)9-10-21(25)26;/h2-8,15,19H,9-14H2,1H3,(H,23,27)(H,25,26);1H. The van der Waals surface area contributed by atoms with E-state index in [2.05, 4.69) is 17.3 Å². The second-order valence-corrected chi connectivity index (χ2v) is 7.16. The summed E-state index contributed by atoms with van der Waals surface area (Å²) in [4.78, 5) is 25.6. The van der Waals surface area contributed by atoms with Crippen molar-refractivity contribution in [2.24, 2.45) is 0 Å². The average Bonchev–Trinajstić information content (AvgIpc) is 2.69. The van der Waals surface area contributed by atoms with Crippen molar-refractivity contribution in [3.05, 3.63) is 54.1 Å². The summed E-state index contributed by atoms with van der Waals surface area (Å²) in [6.45, 7) is 1.82. The maximum atomic E-state index is 12.4. The first-order valence-electron chi connectivity index (χ1n) is 9.57. The smallest absolute Gasteiger partial charge is 0.411 e. The highest BCUT2D eigenvalue weighted by Gasteiger charge is 2.21. The Balaban J connectivity index is 0.00000300. The quantitative estimate of drug-likeness (QED) is 0.725. The van der Waals surface area contributed by atoms with E-state index in [0.717, 1.165) is 42.6 Å². The van der Waals surface area contributed by atoms with E-state index in [0.29, 0.717) is 12.1 Å². The number of carboxylic acids is 1. The summed E-state index contributed by atoms with van der Waals surface area (Å²) in [5, 5.41) is 11.8. The molecule has 6 nitrogen and oxygen atoms in total. The van der Waals surface area contributed by atoms with Gasteiger partial charge in [-0.2, -0.15) is 0 Å². The van der Waals surface area contributed by atoms with Gasteiger partial charge in [-0.15, -0.1) is 12.4 Å². The summed E-state index contributed by atoms with van der Waals surface area (Å²) in [5.41, 5.74) is 3.36. The lowest BCUT2D eigenvalue weighted by Crippen LogP contribution is -2.36.